The number of carboxylic acids is 1. The van der Waals surface area contributed by atoms with Crippen LogP contribution >= 0.6 is 0 Å². The van der Waals surface area contributed by atoms with Crippen LogP contribution in [0.5, 0.6) is 17.2 Å². The van der Waals surface area contributed by atoms with Crippen LogP contribution in [-0.4, -0.2) is 123 Å². The topological polar surface area (TPSA) is 304 Å². The molecular formula is C49H63N7O11. The van der Waals surface area contributed by atoms with Crippen molar-refractivity contribution < 1.29 is 53.9 Å². The number of aromatic nitrogens is 2. The van der Waals surface area contributed by atoms with E-state index in [0.717, 1.165) is 16.0 Å². The lowest BCUT2D eigenvalue weighted by Gasteiger charge is -2.32. The molecule has 1 aliphatic heterocycles. The lowest BCUT2D eigenvalue weighted by atomic mass is 9.86. The first-order valence-corrected chi connectivity index (χ1v) is 22.2. The van der Waals surface area contributed by atoms with Gasteiger partial charge >= 0.3 is 5.97 Å². The number of nitrogens with one attached hydrogen (secondary N) is 1. The number of ketones is 2. The Hall–Kier alpha value is -6.31. The van der Waals surface area contributed by atoms with Gasteiger partial charge in [-0.05, 0) is 66.3 Å². The number of rotatable bonds is 17. The number of phenols is 1. The molecule has 0 fully saturated rings. The molecule has 4 aromatic rings. The van der Waals surface area contributed by atoms with E-state index in [0.29, 0.717) is 17.1 Å². The highest BCUT2D eigenvalue weighted by molar-refractivity contribution is 6.00. The average molecular weight is 926 g/mol. The van der Waals surface area contributed by atoms with Crippen LogP contribution in [0, 0.1) is 18.8 Å². The molecule has 18 nitrogen and oxygen atoms in total. The Kier molecular flexibility index (Phi) is 17.3. The first kappa shape index (κ1) is 51.7. The Balaban J connectivity index is 1.61. The predicted molar refractivity (Wildman–Crippen MR) is 249 cm³/mol. The molecule has 2 amide bonds. The van der Waals surface area contributed by atoms with Crippen molar-refractivity contribution in [3.63, 3.8) is 0 Å². The van der Waals surface area contributed by atoms with Crippen LogP contribution in [0.4, 0.5) is 0 Å². The van der Waals surface area contributed by atoms with E-state index in [1.807, 2.05) is 24.3 Å². The maximum atomic E-state index is 14.8. The number of aliphatic carboxylic acids is 1. The number of likely N-dealkylation sites (N-methyl/N-ethyl adjacent to an activating group) is 1. The van der Waals surface area contributed by atoms with Gasteiger partial charge in [0.1, 0.15) is 43.3 Å². The van der Waals surface area contributed by atoms with Gasteiger partial charge in [0.05, 0.1) is 11.3 Å². The molecule has 0 saturated heterocycles. The number of ether oxygens (including phenoxy) is 2. The second-order valence-corrected chi connectivity index (χ2v) is 18.1. The van der Waals surface area contributed by atoms with Gasteiger partial charge in [-0.15, -0.1) is 0 Å². The monoisotopic (exact) mass is 925 g/mol. The summed E-state index contributed by atoms with van der Waals surface area (Å²) >= 11 is 0. The van der Waals surface area contributed by atoms with Crippen LogP contribution in [0.15, 0.2) is 60.8 Å². The van der Waals surface area contributed by atoms with Gasteiger partial charge in [-0.25, -0.2) is 14.8 Å². The predicted octanol–water partition coefficient (Wildman–Crippen LogP) is 2.98. The number of Topliss-reactive ketones (excluding diaryl/α,β-unsaturated/α-hetero) is 2. The van der Waals surface area contributed by atoms with E-state index in [2.05, 4.69) is 36.1 Å². The zero-order valence-electron chi connectivity index (χ0n) is 38.8. The van der Waals surface area contributed by atoms with Crippen LogP contribution in [0.3, 0.4) is 0 Å². The number of carboxylic acid groups (broad SMARTS) is 1. The molecule has 18 heteroatoms. The molecule has 360 valence electrons. The second kappa shape index (κ2) is 22.5. The summed E-state index contributed by atoms with van der Waals surface area (Å²) in [5.74, 6) is -6.13. The van der Waals surface area contributed by atoms with Gasteiger partial charge in [-0.3, -0.25) is 19.2 Å². The third-order valence-corrected chi connectivity index (χ3v) is 11.8. The van der Waals surface area contributed by atoms with E-state index in [9.17, 15) is 44.4 Å². The molecule has 1 aromatic heterocycles. The van der Waals surface area contributed by atoms with Gasteiger partial charge in [0.15, 0.2) is 28.9 Å². The summed E-state index contributed by atoms with van der Waals surface area (Å²) in [5.41, 5.74) is 20.4. The fourth-order valence-corrected chi connectivity index (χ4v) is 7.79. The van der Waals surface area contributed by atoms with Gasteiger partial charge in [0, 0.05) is 74.1 Å². The van der Waals surface area contributed by atoms with E-state index in [1.54, 1.807) is 13.0 Å². The van der Waals surface area contributed by atoms with Crippen LogP contribution < -0.4 is 32.0 Å². The van der Waals surface area contributed by atoms with E-state index in [4.69, 9.17) is 26.7 Å². The van der Waals surface area contributed by atoms with Crippen molar-refractivity contribution in [2.24, 2.45) is 29.0 Å². The van der Waals surface area contributed by atoms with Crippen LogP contribution in [0.2, 0.25) is 0 Å². The van der Waals surface area contributed by atoms with Gasteiger partial charge < -0.3 is 57.3 Å². The Morgan fingerprint density at radius 1 is 0.910 bits per heavy atom. The fourth-order valence-electron chi connectivity index (χ4n) is 7.79. The Bertz CT molecular complexity index is 2440. The smallest absolute Gasteiger partial charge is 0.326 e. The van der Waals surface area contributed by atoms with E-state index >= 15 is 0 Å². The summed E-state index contributed by atoms with van der Waals surface area (Å²) in [7, 11) is 1.37. The molecule has 67 heavy (non-hydrogen) atoms. The van der Waals surface area contributed by atoms with Gasteiger partial charge in [0.25, 0.3) is 0 Å². The van der Waals surface area contributed by atoms with E-state index in [1.165, 1.54) is 44.4 Å². The molecule has 3 aromatic carbocycles. The van der Waals surface area contributed by atoms with Gasteiger partial charge in [0.2, 0.25) is 11.8 Å². The first-order chi connectivity index (χ1) is 31.7. The van der Waals surface area contributed by atoms with E-state index < -0.39 is 84.3 Å². The molecule has 1 aliphatic rings. The number of phenolic OH excluding ortho intramolecular Hbond substituents is 1. The van der Waals surface area contributed by atoms with Crippen molar-refractivity contribution in [3.05, 3.63) is 88.7 Å². The number of hydrogen-bond acceptors (Lipinski definition) is 15. The first-order valence-electron chi connectivity index (χ1n) is 22.2. The maximum absolute atomic E-state index is 14.8. The van der Waals surface area contributed by atoms with Crippen molar-refractivity contribution in [1.82, 2.24) is 20.2 Å². The number of amides is 2. The summed E-state index contributed by atoms with van der Waals surface area (Å²) in [4.78, 5) is 79.9. The van der Waals surface area contributed by atoms with Crippen molar-refractivity contribution in [2.75, 3.05) is 39.9 Å². The lowest BCUT2D eigenvalue weighted by Crippen LogP contribution is -2.45. The number of nitrogens with two attached hydrogens (primary N) is 3. The molecule has 0 radical (unpaired) electrons. The van der Waals surface area contributed by atoms with Gasteiger partial charge in [-0.2, -0.15) is 0 Å². The number of aliphatic hydroxyl groups excluding tert-OH is 2. The van der Waals surface area contributed by atoms with Crippen molar-refractivity contribution in [2.45, 2.75) is 90.0 Å². The summed E-state index contributed by atoms with van der Waals surface area (Å²) in [5, 5.41) is 45.2. The minimum Gasteiger partial charge on any atom is -0.504 e. The quantitative estimate of drug-likeness (QED) is 0.0706. The molecular weight excluding hydrogens is 863 g/mol. The van der Waals surface area contributed by atoms with E-state index in [-0.39, 0.29) is 84.7 Å². The second-order valence-electron chi connectivity index (χ2n) is 18.1. The number of carbonyl (C=O) groups excluding carboxylic acids is 4. The molecule has 4 bridgehead atoms. The molecule has 2 heterocycles. The van der Waals surface area contributed by atoms with Crippen molar-refractivity contribution in [1.29, 1.82) is 0 Å². The zero-order chi connectivity index (χ0) is 49.3. The third-order valence-electron chi connectivity index (χ3n) is 11.8. The normalized spacial score (nSPS) is 17.9. The largest absolute Gasteiger partial charge is 0.504 e. The standard InChI is InChI=1S/C49H63N7O11/c1-26-15-40(60)43(56(6)47(63)30(13-14-50)19-39(59)37-23-53-45(54-27(37)2)29-8-10-32(11-9-29)49(3,4)5)31-18-36(44(61)42(20-31)67-25-34(58)22-52)35-16-28(17-38(48(64)65)55-46(26)62)7-12-41(35)66-24-33(57)21-51/h7-12,16,18,20,23,26,30,33-34,38,43,57-58,61H,13-15,17,19,21-22,24-25,50-52H2,1-6H3,(H,55,62)(H,64,65)/t26-,30-,33-,34-,38+,43+/m1/s1. The van der Waals surface area contributed by atoms with Gasteiger partial charge in [-0.1, -0.05) is 58.0 Å². The van der Waals surface area contributed by atoms with Crippen LogP contribution in [0.25, 0.3) is 22.5 Å². The highest BCUT2D eigenvalue weighted by atomic mass is 16.5. The minimum absolute atomic E-state index is 0.000143. The Morgan fingerprint density at radius 3 is 2.13 bits per heavy atom. The van der Waals surface area contributed by atoms with Crippen molar-refractivity contribution in [3.8, 4) is 39.8 Å². The lowest BCUT2D eigenvalue weighted by molar-refractivity contribution is -0.144. The molecule has 0 spiro atoms. The van der Waals surface area contributed by atoms with Crippen LogP contribution in [0.1, 0.15) is 85.7 Å². The number of fused-ring (bicyclic) bond motifs is 5. The SMILES string of the molecule is Cc1nc(-c2ccc(C(C)(C)C)cc2)ncc1C(=O)C[C@@H](CCN)C(=O)N(C)[C@@H]1C(=O)C[C@@H](C)C(=O)N[C@H](C(=O)O)Cc2ccc(OC[C@H](O)CN)c(c2)-c2cc1cc(OC[C@H](O)CN)c2O. The number of aromatic hydroxyl groups is 1. The molecule has 11 N–H and O–H groups in total. The minimum atomic E-state index is -1.50. The number of carbonyl (C=O) groups is 5. The number of aryl methyl sites for hydroxylation is 1. The summed E-state index contributed by atoms with van der Waals surface area (Å²) in [6.07, 6.45) is -1.80. The molecule has 0 aliphatic carbocycles. The molecule has 5 rings (SSSR count). The number of hydrogen-bond donors (Lipinski definition) is 8. The number of nitrogens with zero attached hydrogens (tertiary/aromatic N) is 3. The summed E-state index contributed by atoms with van der Waals surface area (Å²) in [6, 6.07) is 12.2. The Morgan fingerprint density at radius 2 is 1.55 bits per heavy atom. The number of aliphatic hydroxyl groups is 2. The van der Waals surface area contributed by atoms with Crippen molar-refractivity contribution >= 4 is 29.4 Å². The average Bonchev–Trinajstić information content (AvgIpc) is 3.29. The Labute approximate surface area is 389 Å². The summed E-state index contributed by atoms with van der Waals surface area (Å²) in [6.45, 7) is 8.47. The zero-order valence-corrected chi connectivity index (χ0v) is 38.8. The highest BCUT2D eigenvalue weighted by Crippen LogP contribution is 2.45. The van der Waals surface area contributed by atoms with Crippen LogP contribution in [-0.2, 0) is 31.0 Å². The third kappa shape index (κ3) is 12.8. The maximum Gasteiger partial charge on any atom is 0.326 e. The highest BCUT2D eigenvalue weighted by Gasteiger charge is 2.37. The molecule has 0 unspecified atom stereocenters. The summed E-state index contributed by atoms with van der Waals surface area (Å²) < 4.78 is 11.9. The number of benzene rings is 3. The fraction of sp³-hybridized carbons (Fsp3) is 0.449. The molecule has 6 atom stereocenters. The molecule has 0 saturated carbocycles.